The van der Waals surface area contributed by atoms with Crippen molar-refractivity contribution in [2.24, 2.45) is 11.1 Å². The van der Waals surface area contributed by atoms with Crippen LogP contribution in [0.1, 0.15) is 36.6 Å². The van der Waals surface area contributed by atoms with E-state index in [-0.39, 0.29) is 17.9 Å². The third-order valence-electron chi connectivity index (χ3n) is 5.94. The minimum absolute atomic E-state index is 0.0439. The van der Waals surface area contributed by atoms with Crippen LogP contribution in [0.3, 0.4) is 0 Å². The van der Waals surface area contributed by atoms with E-state index in [4.69, 9.17) is 5.73 Å². The van der Waals surface area contributed by atoms with Crippen molar-refractivity contribution < 1.29 is 9.59 Å². The molecule has 0 bridgehead atoms. The molecule has 2 atom stereocenters. The number of amides is 2. The number of hydrogen-bond acceptors (Lipinski definition) is 4. The van der Waals surface area contributed by atoms with Crippen molar-refractivity contribution in [3.05, 3.63) is 66.0 Å². The first-order valence-corrected chi connectivity index (χ1v) is 9.89. The summed E-state index contributed by atoms with van der Waals surface area (Å²) in [5.41, 5.74) is 7.33. The molecule has 1 saturated heterocycles. The van der Waals surface area contributed by atoms with E-state index in [1.165, 1.54) is 0 Å². The molecule has 1 aliphatic heterocycles. The summed E-state index contributed by atoms with van der Waals surface area (Å²) in [4.78, 5) is 31.9. The Labute approximate surface area is 165 Å². The van der Waals surface area contributed by atoms with E-state index in [1.54, 1.807) is 11.1 Å². The van der Waals surface area contributed by atoms with Gasteiger partial charge in [0.25, 0.3) is 0 Å². The first-order valence-electron chi connectivity index (χ1n) is 9.89. The lowest BCUT2D eigenvalue weighted by Gasteiger charge is -2.42. The molecule has 2 fully saturated rings. The summed E-state index contributed by atoms with van der Waals surface area (Å²) in [7, 11) is 0. The molecule has 1 aromatic heterocycles. The van der Waals surface area contributed by atoms with Crippen LogP contribution >= 0.6 is 0 Å². The number of rotatable bonds is 7. The van der Waals surface area contributed by atoms with Gasteiger partial charge in [0, 0.05) is 31.4 Å². The molecule has 146 valence electrons. The molecule has 6 heteroatoms. The Balaban J connectivity index is 1.47. The van der Waals surface area contributed by atoms with Gasteiger partial charge < -0.3 is 16.0 Å². The van der Waals surface area contributed by atoms with Crippen LogP contribution in [-0.4, -0.2) is 40.8 Å². The second kappa shape index (κ2) is 7.72. The van der Waals surface area contributed by atoms with E-state index in [0.717, 1.165) is 24.1 Å². The number of nitrogens with one attached hydrogen (secondary N) is 1. The quantitative estimate of drug-likeness (QED) is 0.769. The summed E-state index contributed by atoms with van der Waals surface area (Å²) in [6.07, 6.45) is 4.72. The minimum atomic E-state index is -0.411. The van der Waals surface area contributed by atoms with Crippen molar-refractivity contribution in [2.75, 3.05) is 13.1 Å². The Bertz CT molecular complexity index is 836. The molecule has 1 aromatic carbocycles. The van der Waals surface area contributed by atoms with Crippen molar-refractivity contribution in [1.82, 2.24) is 15.2 Å². The van der Waals surface area contributed by atoms with E-state index in [2.05, 4.69) is 10.3 Å². The van der Waals surface area contributed by atoms with Gasteiger partial charge in [-0.2, -0.15) is 0 Å². The van der Waals surface area contributed by atoms with Gasteiger partial charge in [-0.1, -0.05) is 36.4 Å². The van der Waals surface area contributed by atoms with Gasteiger partial charge in [-0.05, 0) is 37.0 Å². The molecule has 2 aliphatic rings. The Hall–Kier alpha value is -2.73. The first kappa shape index (κ1) is 18.6. The van der Waals surface area contributed by atoms with Gasteiger partial charge in [-0.3, -0.25) is 14.6 Å². The Morgan fingerprint density at radius 3 is 2.50 bits per heavy atom. The number of benzene rings is 1. The molecule has 28 heavy (non-hydrogen) atoms. The molecule has 2 amide bonds. The largest absolute Gasteiger partial charge is 0.347 e. The third-order valence-corrected chi connectivity index (χ3v) is 5.94. The molecular formula is C22H26N4O2. The average Bonchev–Trinajstić information content (AvgIpc) is 3.49. The molecule has 1 saturated carbocycles. The molecule has 1 aliphatic carbocycles. The van der Waals surface area contributed by atoms with Gasteiger partial charge in [-0.25, -0.2) is 0 Å². The number of pyridine rings is 1. The van der Waals surface area contributed by atoms with Crippen LogP contribution in [0.25, 0.3) is 0 Å². The zero-order valence-electron chi connectivity index (χ0n) is 15.9. The van der Waals surface area contributed by atoms with Gasteiger partial charge in [0.1, 0.15) is 6.04 Å². The minimum Gasteiger partial charge on any atom is -0.347 e. The highest BCUT2D eigenvalue weighted by Crippen LogP contribution is 2.47. The standard InChI is InChI=1S/C22H26N4O2/c23-15-22(10-11-22)21(28)26-13-9-19(26)20(27)25-18(16-6-2-1-3-7-16)14-17-8-4-5-12-24-17/h1-8,12,18-19H,9-11,13-15,23H2,(H,25,27). The van der Waals surface area contributed by atoms with E-state index in [1.807, 2.05) is 48.5 Å². The summed E-state index contributed by atoms with van der Waals surface area (Å²) < 4.78 is 0. The topological polar surface area (TPSA) is 88.3 Å². The Morgan fingerprint density at radius 2 is 1.93 bits per heavy atom. The lowest BCUT2D eigenvalue weighted by Crippen LogP contribution is -2.61. The van der Waals surface area contributed by atoms with Gasteiger partial charge >= 0.3 is 0 Å². The summed E-state index contributed by atoms with van der Waals surface area (Å²) in [6.45, 7) is 0.998. The molecule has 0 spiro atoms. The lowest BCUT2D eigenvalue weighted by atomic mass is 9.95. The zero-order chi connectivity index (χ0) is 19.6. The second-order valence-corrected chi connectivity index (χ2v) is 7.78. The van der Waals surface area contributed by atoms with Crippen molar-refractivity contribution in [2.45, 2.75) is 37.8 Å². The van der Waals surface area contributed by atoms with Gasteiger partial charge in [0.05, 0.1) is 11.5 Å². The van der Waals surface area contributed by atoms with Gasteiger partial charge in [0.15, 0.2) is 0 Å². The summed E-state index contributed by atoms with van der Waals surface area (Å²) >= 11 is 0. The summed E-state index contributed by atoms with van der Waals surface area (Å²) in [5, 5.41) is 3.15. The molecule has 2 unspecified atom stereocenters. The third kappa shape index (κ3) is 3.64. The fourth-order valence-corrected chi connectivity index (χ4v) is 3.80. The summed E-state index contributed by atoms with van der Waals surface area (Å²) in [5.74, 6) is -0.0559. The van der Waals surface area contributed by atoms with E-state index in [0.29, 0.717) is 25.9 Å². The van der Waals surface area contributed by atoms with E-state index in [9.17, 15) is 9.59 Å². The highest BCUT2D eigenvalue weighted by Gasteiger charge is 2.54. The fourth-order valence-electron chi connectivity index (χ4n) is 3.80. The van der Waals surface area contributed by atoms with Crippen molar-refractivity contribution >= 4 is 11.8 Å². The maximum Gasteiger partial charge on any atom is 0.243 e. The van der Waals surface area contributed by atoms with Gasteiger partial charge in [0.2, 0.25) is 11.8 Å². The van der Waals surface area contributed by atoms with Crippen LogP contribution in [-0.2, 0) is 16.0 Å². The van der Waals surface area contributed by atoms with Crippen LogP contribution in [0.15, 0.2) is 54.7 Å². The molecule has 2 heterocycles. The number of likely N-dealkylation sites (tertiary alicyclic amines) is 1. The van der Waals surface area contributed by atoms with Crippen LogP contribution < -0.4 is 11.1 Å². The zero-order valence-corrected chi connectivity index (χ0v) is 15.9. The lowest BCUT2D eigenvalue weighted by molar-refractivity contribution is -0.151. The van der Waals surface area contributed by atoms with E-state index >= 15 is 0 Å². The highest BCUT2D eigenvalue weighted by atomic mass is 16.2. The number of carbonyl (C=O) groups excluding carboxylic acids is 2. The van der Waals surface area contributed by atoms with Crippen molar-refractivity contribution in [3.8, 4) is 0 Å². The number of nitrogens with zero attached hydrogens (tertiary/aromatic N) is 2. The molecule has 6 nitrogen and oxygen atoms in total. The number of nitrogens with two attached hydrogens (primary N) is 1. The van der Waals surface area contributed by atoms with Crippen LogP contribution in [0.5, 0.6) is 0 Å². The normalized spacial score (nSPS) is 20.8. The molecular weight excluding hydrogens is 352 g/mol. The molecule has 3 N–H and O–H groups in total. The average molecular weight is 378 g/mol. The predicted octanol–water partition coefficient (Wildman–Crippen LogP) is 1.82. The maximum atomic E-state index is 13.0. The maximum absolute atomic E-state index is 13.0. The van der Waals surface area contributed by atoms with Crippen LogP contribution in [0, 0.1) is 5.41 Å². The van der Waals surface area contributed by atoms with Crippen molar-refractivity contribution in [1.29, 1.82) is 0 Å². The number of hydrogen-bond donors (Lipinski definition) is 2. The van der Waals surface area contributed by atoms with Crippen LogP contribution in [0.2, 0.25) is 0 Å². The second-order valence-electron chi connectivity index (χ2n) is 7.78. The van der Waals surface area contributed by atoms with Crippen molar-refractivity contribution in [3.63, 3.8) is 0 Å². The van der Waals surface area contributed by atoms with Crippen LogP contribution in [0.4, 0.5) is 0 Å². The Morgan fingerprint density at radius 1 is 1.18 bits per heavy atom. The van der Waals surface area contributed by atoms with E-state index < -0.39 is 11.5 Å². The molecule has 4 rings (SSSR count). The SMILES string of the molecule is NCC1(C(=O)N2CCC2C(=O)NC(Cc2ccccn2)c2ccccc2)CC1. The monoisotopic (exact) mass is 378 g/mol. The highest BCUT2D eigenvalue weighted by molar-refractivity contribution is 5.93. The number of carbonyl (C=O) groups is 2. The van der Waals surface area contributed by atoms with Gasteiger partial charge in [-0.15, -0.1) is 0 Å². The smallest absolute Gasteiger partial charge is 0.243 e. The molecule has 0 radical (unpaired) electrons. The number of aromatic nitrogens is 1. The summed E-state index contributed by atoms with van der Waals surface area (Å²) in [6, 6.07) is 15.1. The first-order chi connectivity index (χ1) is 13.6. The Kier molecular flexibility index (Phi) is 5.13. The predicted molar refractivity (Wildman–Crippen MR) is 106 cm³/mol. The molecule has 2 aromatic rings. The fraction of sp³-hybridized carbons (Fsp3) is 0.409.